The first kappa shape index (κ1) is 37.7. The number of aromatic hydroxyl groups is 1. The van der Waals surface area contributed by atoms with Crippen LogP contribution in [-0.2, 0) is 20.1 Å². The molecule has 0 saturated carbocycles. The van der Waals surface area contributed by atoms with Crippen molar-refractivity contribution in [2.24, 2.45) is 0 Å². The minimum Gasteiger partial charge on any atom is -0.507 e. The van der Waals surface area contributed by atoms with E-state index in [2.05, 4.69) is 133 Å². The van der Waals surface area contributed by atoms with Crippen LogP contribution in [0.5, 0.6) is 5.75 Å². The van der Waals surface area contributed by atoms with Crippen molar-refractivity contribution < 1.29 is 25.2 Å². The van der Waals surface area contributed by atoms with Crippen molar-refractivity contribution in [3.63, 3.8) is 0 Å². The molecule has 0 atom stereocenters. The number of fused-ring (bicyclic) bond motifs is 2. The summed E-state index contributed by atoms with van der Waals surface area (Å²) >= 11 is 0. The van der Waals surface area contributed by atoms with Crippen LogP contribution in [0, 0.1) is 26.8 Å². The maximum absolute atomic E-state index is 10.6. The fourth-order valence-corrected chi connectivity index (χ4v) is 7.07. The summed E-state index contributed by atoms with van der Waals surface area (Å²) in [6, 6.07) is 36.6. The number of hydrogen-bond acceptors (Lipinski definition) is 3. The molecule has 1 radical (unpaired) electrons. The third-order valence-corrected chi connectivity index (χ3v) is 9.45. The van der Waals surface area contributed by atoms with Gasteiger partial charge in [0.2, 0.25) is 0 Å². The molecular weight excluding hydrogens is 803 g/mol. The standard InChI is InChI=1S/C25H26N2O.C21H22N.Ir/c1-16(2)18-11-9-12-19(17(3)4)24(18)27-22-14-7-6-13-21(22)26-25(27)20-10-5-8-15-23(20)28;1-13(2)19-12-17-6-7-22-21(20(17)11-16(19)5)18-9-14(3)8-15(4)10-18;/h5-17,28H,1-4H3;6-9,11-13H,1-5H3;/q;-1;. The number of rotatable bonds is 6. The molecule has 7 aromatic rings. The first-order valence-corrected chi connectivity index (χ1v) is 17.7. The molecule has 263 valence electrons. The van der Waals surface area contributed by atoms with Gasteiger partial charge in [-0.05, 0) is 93.7 Å². The second-order valence-corrected chi connectivity index (χ2v) is 14.4. The summed E-state index contributed by atoms with van der Waals surface area (Å²) in [6.07, 6.45) is 1.91. The van der Waals surface area contributed by atoms with E-state index >= 15 is 0 Å². The average Bonchev–Trinajstić information content (AvgIpc) is 3.46. The zero-order valence-electron chi connectivity index (χ0n) is 31.2. The van der Waals surface area contributed by atoms with E-state index in [9.17, 15) is 5.11 Å². The molecule has 0 unspecified atom stereocenters. The van der Waals surface area contributed by atoms with E-state index in [1.165, 1.54) is 44.3 Å². The molecule has 0 saturated heterocycles. The second kappa shape index (κ2) is 15.8. The Morgan fingerprint density at radius 1 is 0.686 bits per heavy atom. The predicted molar refractivity (Wildman–Crippen MR) is 211 cm³/mol. The normalized spacial score (nSPS) is 11.3. The van der Waals surface area contributed by atoms with Gasteiger partial charge in [-0.1, -0.05) is 110 Å². The van der Waals surface area contributed by atoms with Crippen molar-refractivity contribution in [2.45, 2.75) is 80.1 Å². The van der Waals surface area contributed by atoms with Gasteiger partial charge in [-0.3, -0.25) is 4.57 Å². The average molecular weight is 851 g/mol. The van der Waals surface area contributed by atoms with E-state index < -0.39 is 0 Å². The summed E-state index contributed by atoms with van der Waals surface area (Å²) in [5.41, 5.74) is 13.7. The van der Waals surface area contributed by atoms with Crippen LogP contribution in [0.4, 0.5) is 0 Å². The number of phenolic OH excluding ortho intramolecular Hbond substituents is 1. The van der Waals surface area contributed by atoms with Crippen LogP contribution in [0.1, 0.15) is 92.7 Å². The van der Waals surface area contributed by atoms with Gasteiger partial charge in [0.05, 0.1) is 22.3 Å². The van der Waals surface area contributed by atoms with E-state index in [-0.39, 0.29) is 25.9 Å². The largest absolute Gasteiger partial charge is 0.507 e. The van der Waals surface area contributed by atoms with Gasteiger partial charge in [0.25, 0.3) is 0 Å². The Balaban J connectivity index is 0.000000199. The molecule has 0 aliphatic heterocycles. The Morgan fingerprint density at radius 2 is 1.33 bits per heavy atom. The summed E-state index contributed by atoms with van der Waals surface area (Å²) in [5, 5.41) is 13.0. The first-order chi connectivity index (χ1) is 23.9. The number of benzene rings is 5. The Bertz CT molecular complexity index is 2270. The van der Waals surface area contributed by atoms with E-state index in [0.717, 1.165) is 39.2 Å². The van der Waals surface area contributed by atoms with Crippen molar-refractivity contribution in [1.29, 1.82) is 0 Å². The van der Waals surface area contributed by atoms with Crippen molar-refractivity contribution in [3.05, 3.63) is 143 Å². The molecule has 0 bridgehead atoms. The molecule has 7 rings (SSSR count). The Morgan fingerprint density at radius 3 is 1.98 bits per heavy atom. The van der Waals surface area contributed by atoms with Crippen LogP contribution < -0.4 is 0 Å². The van der Waals surface area contributed by atoms with Crippen LogP contribution in [0.15, 0.2) is 103 Å². The van der Waals surface area contributed by atoms with Gasteiger partial charge < -0.3 is 10.1 Å². The second-order valence-electron chi connectivity index (χ2n) is 14.4. The number of pyridine rings is 1. The van der Waals surface area contributed by atoms with Crippen LogP contribution >= 0.6 is 0 Å². The number of aryl methyl sites for hydroxylation is 3. The van der Waals surface area contributed by atoms with Gasteiger partial charge in [0, 0.05) is 26.3 Å². The third-order valence-electron chi connectivity index (χ3n) is 9.45. The Kier molecular flexibility index (Phi) is 11.6. The zero-order chi connectivity index (χ0) is 35.7. The SMILES string of the molecule is CC(C)c1cccc(C(C)C)c1-n1c(-c2ccccc2O)nc2ccccc21.Cc1[c-]c(-c2nccc3cc(C(C)C)c(C)cc23)cc(C)c1.[Ir]. The van der Waals surface area contributed by atoms with Crippen LogP contribution in [-0.4, -0.2) is 19.6 Å². The maximum Gasteiger partial charge on any atom is 0.149 e. The quantitative estimate of drug-likeness (QED) is 0.170. The molecule has 0 fully saturated rings. The molecule has 2 aromatic heterocycles. The molecule has 5 aromatic carbocycles. The van der Waals surface area contributed by atoms with Gasteiger partial charge in [0.15, 0.2) is 0 Å². The van der Waals surface area contributed by atoms with Crippen LogP contribution in [0.25, 0.3) is 50.1 Å². The summed E-state index contributed by atoms with van der Waals surface area (Å²) in [7, 11) is 0. The predicted octanol–water partition coefficient (Wildman–Crippen LogP) is 12.4. The van der Waals surface area contributed by atoms with Crippen molar-refractivity contribution >= 4 is 21.8 Å². The monoisotopic (exact) mass is 851 g/mol. The van der Waals surface area contributed by atoms with Crippen LogP contribution in [0.2, 0.25) is 0 Å². The Labute approximate surface area is 317 Å². The molecule has 0 aliphatic rings. The molecule has 51 heavy (non-hydrogen) atoms. The Hall–Kier alpha value is -4.57. The molecule has 0 aliphatic carbocycles. The number of phenols is 1. The molecule has 0 amide bonds. The number of imidazole rings is 1. The first-order valence-electron chi connectivity index (χ1n) is 17.7. The molecular formula is C46H48IrN3O-. The number of para-hydroxylation sites is 4. The number of hydrogen-bond donors (Lipinski definition) is 1. The topological polar surface area (TPSA) is 50.9 Å². The van der Waals surface area contributed by atoms with Crippen LogP contribution in [0.3, 0.4) is 0 Å². The zero-order valence-corrected chi connectivity index (χ0v) is 33.6. The maximum atomic E-state index is 10.6. The summed E-state index contributed by atoms with van der Waals surface area (Å²) in [4.78, 5) is 9.57. The molecule has 0 spiro atoms. The number of nitrogens with zero attached hydrogens (tertiary/aromatic N) is 3. The van der Waals surface area contributed by atoms with E-state index in [4.69, 9.17) is 4.98 Å². The molecule has 2 heterocycles. The van der Waals surface area contributed by atoms with Gasteiger partial charge >= 0.3 is 0 Å². The third kappa shape index (κ3) is 7.71. The van der Waals surface area contributed by atoms with E-state index in [1.807, 2.05) is 42.6 Å². The number of aromatic nitrogens is 3. The van der Waals surface area contributed by atoms with Gasteiger partial charge in [-0.15, -0.1) is 34.9 Å². The van der Waals surface area contributed by atoms with Crippen molar-refractivity contribution in [3.8, 4) is 34.1 Å². The van der Waals surface area contributed by atoms with Crippen molar-refractivity contribution in [2.75, 3.05) is 0 Å². The minimum atomic E-state index is 0. The van der Waals surface area contributed by atoms with E-state index in [1.54, 1.807) is 6.07 Å². The fourth-order valence-electron chi connectivity index (χ4n) is 7.07. The van der Waals surface area contributed by atoms with Gasteiger partial charge in [0.1, 0.15) is 11.6 Å². The minimum absolute atomic E-state index is 0. The van der Waals surface area contributed by atoms with Crippen molar-refractivity contribution in [1.82, 2.24) is 14.5 Å². The van der Waals surface area contributed by atoms with E-state index in [0.29, 0.717) is 17.8 Å². The summed E-state index contributed by atoms with van der Waals surface area (Å²) in [5.74, 6) is 2.29. The fraction of sp³-hybridized carbons (Fsp3) is 0.261. The molecule has 1 N–H and O–H groups in total. The summed E-state index contributed by atoms with van der Waals surface area (Å²) < 4.78 is 2.23. The molecule has 5 heteroatoms. The summed E-state index contributed by atoms with van der Waals surface area (Å²) in [6.45, 7) is 19.8. The molecule has 4 nitrogen and oxygen atoms in total. The van der Waals surface area contributed by atoms with Gasteiger partial charge in [-0.2, -0.15) is 0 Å². The smallest absolute Gasteiger partial charge is 0.149 e. The van der Waals surface area contributed by atoms with Gasteiger partial charge in [-0.25, -0.2) is 4.98 Å².